The first-order valence-electron chi connectivity index (χ1n) is 6.93. The summed E-state index contributed by atoms with van der Waals surface area (Å²) in [5.41, 5.74) is 2.24. The molecule has 0 spiro atoms. The summed E-state index contributed by atoms with van der Waals surface area (Å²) < 4.78 is 4.83. The molecule has 1 rings (SSSR count). The molecule has 0 aromatic carbocycles. The molecule has 1 amide bonds. The van der Waals surface area contributed by atoms with Gasteiger partial charge in [-0.1, -0.05) is 19.9 Å². The van der Waals surface area contributed by atoms with Gasteiger partial charge in [-0.2, -0.15) is 5.10 Å². The van der Waals surface area contributed by atoms with E-state index >= 15 is 0 Å². The van der Waals surface area contributed by atoms with Crippen LogP contribution in [0.25, 0.3) is 0 Å². The Bertz CT molecular complexity index is 567. The monoisotopic (exact) mass is 305 g/mol. The molecule has 0 saturated heterocycles. The highest BCUT2D eigenvalue weighted by Gasteiger charge is 2.20. The first-order valence-corrected chi connectivity index (χ1v) is 6.93. The minimum absolute atomic E-state index is 0.134. The molecule has 0 aliphatic carbocycles. The smallest absolute Gasteiger partial charge is 0.354 e. The van der Waals surface area contributed by atoms with Crippen molar-refractivity contribution in [2.24, 2.45) is 11.0 Å². The second-order valence-corrected chi connectivity index (χ2v) is 4.73. The summed E-state index contributed by atoms with van der Waals surface area (Å²) in [5.74, 6) is -1.71. The van der Waals surface area contributed by atoms with E-state index in [1.165, 1.54) is 12.3 Å². The largest absolute Gasteiger partial charge is 0.461 e. The highest BCUT2D eigenvalue weighted by atomic mass is 16.5. The number of ketones is 1. The number of carbonyl (C=O) groups is 3. The number of ether oxygens (including phenoxy) is 1. The van der Waals surface area contributed by atoms with E-state index in [9.17, 15) is 14.4 Å². The standard InChI is InChI=1S/C15H19N3O4/c1-4-22-15(21)12(9-13(19)10(2)3)17-18-14(20)11-7-5-6-8-16-11/h5-8,10H,4,9H2,1-3H3,(H,18,20)/b17-12-. The van der Waals surface area contributed by atoms with Gasteiger partial charge in [0.25, 0.3) is 5.91 Å². The van der Waals surface area contributed by atoms with Crippen molar-refractivity contribution in [3.63, 3.8) is 0 Å². The quantitative estimate of drug-likeness (QED) is 0.466. The maximum absolute atomic E-state index is 11.8. The molecule has 0 aliphatic rings. The van der Waals surface area contributed by atoms with Crippen LogP contribution in [0.5, 0.6) is 0 Å². The number of amides is 1. The average molecular weight is 305 g/mol. The van der Waals surface area contributed by atoms with E-state index in [-0.39, 0.29) is 36.1 Å². The molecule has 1 aromatic rings. The first kappa shape index (κ1) is 17.5. The van der Waals surface area contributed by atoms with E-state index in [1.807, 2.05) is 0 Å². The molecule has 0 fully saturated rings. The number of hydrogen-bond donors (Lipinski definition) is 1. The first-order chi connectivity index (χ1) is 10.5. The van der Waals surface area contributed by atoms with Crippen LogP contribution in [0.15, 0.2) is 29.5 Å². The van der Waals surface area contributed by atoms with Gasteiger partial charge in [-0.25, -0.2) is 10.2 Å². The predicted octanol–water partition coefficient (Wildman–Crippen LogP) is 1.35. The summed E-state index contributed by atoms with van der Waals surface area (Å²) >= 11 is 0. The Morgan fingerprint density at radius 2 is 2.05 bits per heavy atom. The molecule has 118 valence electrons. The Morgan fingerprint density at radius 3 is 2.59 bits per heavy atom. The van der Waals surface area contributed by atoms with Gasteiger partial charge in [0.2, 0.25) is 0 Å². The number of nitrogens with one attached hydrogen (secondary N) is 1. The van der Waals surface area contributed by atoms with Crippen LogP contribution in [0.2, 0.25) is 0 Å². The highest BCUT2D eigenvalue weighted by Crippen LogP contribution is 2.02. The lowest BCUT2D eigenvalue weighted by molar-refractivity contribution is -0.135. The van der Waals surface area contributed by atoms with Crippen LogP contribution in [0, 0.1) is 5.92 Å². The maximum atomic E-state index is 11.8. The van der Waals surface area contributed by atoms with Gasteiger partial charge in [-0.15, -0.1) is 0 Å². The molecule has 7 heteroatoms. The summed E-state index contributed by atoms with van der Waals surface area (Å²) in [6.07, 6.45) is 1.27. The number of pyridine rings is 1. The topological polar surface area (TPSA) is 97.7 Å². The lowest BCUT2D eigenvalue weighted by atomic mass is 10.0. The fourth-order valence-electron chi connectivity index (χ4n) is 1.41. The van der Waals surface area contributed by atoms with Crippen molar-refractivity contribution in [3.8, 4) is 0 Å². The number of aromatic nitrogens is 1. The Labute approximate surface area is 128 Å². The van der Waals surface area contributed by atoms with Crippen molar-refractivity contribution in [1.29, 1.82) is 0 Å². The number of carbonyl (C=O) groups excluding carboxylic acids is 3. The van der Waals surface area contributed by atoms with Crippen LogP contribution >= 0.6 is 0 Å². The number of nitrogens with zero attached hydrogens (tertiary/aromatic N) is 2. The van der Waals surface area contributed by atoms with Crippen molar-refractivity contribution in [3.05, 3.63) is 30.1 Å². The molecule has 0 aliphatic heterocycles. The zero-order valence-corrected chi connectivity index (χ0v) is 12.8. The van der Waals surface area contributed by atoms with Gasteiger partial charge in [0, 0.05) is 12.1 Å². The summed E-state index contributed by atoms with van der Waals surface area (Å²) in [5, 5.41) is 3.72. The number of rotatable bonds is 7. The Hall–Kier alpha value is -2.57. The molecular weight excluding hydrogens is 286 g/mol. The lowest BCUT2D eigenvalue weighted by Gasteiger charge is -2.07. The van der Waals surface area contributed by atoms with Gasteiger partial charge >= 0.3 is 5.97 Å². The van der Waals surface area contributed by atoms with E-state index in [4.69, 9.17) is 4.74 Å². The second kappa shape index (κ2) is 8.66. The summed E-state index contributed by atoms with van der Waals surface area (Å²) in [4.78, 5) is 39.2. The van der Waals surface area contributed by atoms with Crippen LogP contribution in [0.3, 0.4) is 0 Å². The van der Waals surface area contributed by atoms with E-state index in [0.717, 1.165) is 0 Å². The molecular formula is C15H19N3O4. The summed E-state index contributed by atoms with van der Waals surface area (Å²) in [7, 11) is 0. The van der Waals surface area contributed by atoms with Crippen LogP contribution < -0.4 is 5.43 Å². The molecule has 0 saturated carbocycles. The van der Waals surface area contributed by atoms with E-state index in [1.54, 1.807) is 32.9 Å². The average Bonchev–Trinajstić information content (AvgIpc) is 2.51. The van der Waals surface area contributed by atoms with Gasteiger partial charge in [0.05, 0.1) is 13.0 Å². The predicted molar refractivity (Wildman–Crippen MR) is 80.2 cm³/mol. The van der Waals surface area contributed by atoms with Crippen molar-refractivity contribution >= 4 is 23.4 Å². The molecule has 1 heterocycles. The molecule has 0 atom stereocenters. The summed E-state index contributed by atoms with van der Waals surface area (Å²) in [6, 6.07) is 4.83. The van der Waals surface area contributed by atoms with Crippen molar-refractivity contribution in [2.45, 2.75) is 27.2 Å². The van der Waals surface area contributed by atoms with Gasteiger partial charge in [0.15, 0.2) is 5.71 Å². The minimum Gasteiger partial charge on any atom is -0.461 e. The number of esters is 1. The van der Waals surface area contributed by atoms with Gasteiger partial charge in [-0.3, -0.25) is 14.6 Å². The Morgan fingerprint density at radius 1 is 1.32 bits per heavy atom. The van der Waals surface area contributed by atoms with E-state index in [0.29, 0.717) is 0 Å². The molecule has 0 radical (unpaired) electrons. The Balaban J connectivity index is 2.83. The summed E-state index contributed by atoms with van der Waals surface area (Å²) in [6.45, 7) is 5.24. The van der Waals surface area contributed by atoms with Crippen LogP contribution in [0.1, 0.15) is 37.7 Å². The third-order valence-corrected chi connectivity index (χ3v) is 2.69. The number of hydrazone groups is 1. The number of Topliss-reactive ketones (excluding diaryl/α,β-unsaturated/α-hetero) is 1. The highest BCUT2D eigenvalue weighted by molar-refractivity contribution is 6.39. The minimum atomic E-state index is -0.724. The maximum Gasteiger partial charge on any atom is 0.354 e. The van der Waals surface area contributed by atoms with Gasteiger partial charge < -0.3 is 4.74 Å². The zero-order chi connectivity index (χ0) is 16.5. The zero-order valence-electron chi connectivity index (χ0n) is 12.8. The van der Waals surface area contributed by atoms with Gasteiger partial charge in [0.1, 0.15) is 11.5 Å². The normalized spacial score (nSPS) is 11.2. The Kier molecular flexibility index (Phi) is 6.88. The van der Waals surface area contributed by atoms with Crippen molar-refractivity contribution in [1.82, 2.24) is 10.4 Å². The molecule has 22 heavy (non-hydrogen) atoms. The third kappa shape index (κ3) is 5.43. The number of hydrogen-bond acceptors (Lipinski definition) is 6. The van der Waals surface area contributed by atoms with Crippen molar-refractivity contribution < 1.29 is 19.1 Å². The van der Waals surface area contributed by atoms with Crippen LogP contribution in [0.4, 0.5) is 0 Å². The van der Waals surface area contributed by atoms with Crippen LogP contribution in [-0.2, 0) is 14.3 Å². The molecule has 0 unspecified atom stereocenters. The molecule has 7 nitrogen and oxygen atoms in total. The second-order valence-electron chi connectivity index (χ2n) is 4.73. The van der Waals surface area contributed by atoms with E-state index in [2.05, 4.69) is 15.5 Å². The molecule has 0 bridgehead atoms. The molecule has 1 aromatic heterocycles. The SMILES string of the molecule is CCOC(=O)/C(CC(=O)C(C)C)=N\NC(=O)c1ccccn1. The van der Waals surface area contributed by atoms with Crippen LogP contribution in [-0.4, -0.2) is 35.0 Å². The fraction of sp³-hybridized carbons (Fsp3) is 0.400. The van der Waals surface area contributed by atoms with E-state index < -0.39 is 11.9 Å². The third-order valence-electron chi connectivity index (χ3n) is 2.69. The van der Waals surface area contributed by atoms with Crippen molar-refractivity contribution in [2.75, 3.05) is 6.61 Å². The molecule has 1 N–H and O–H groups in total. The fourth-order valence-corrected chi connectivity index (χ4v) is 1.41. The van der Waals surface area contributed by atoms with Gasteiger partial charge in [-0.05, 0) is 19.1 Å². The lowest BCUT2D eigenvalue weighted by Crippen LogP contribution is -2.28.